The number of carbonyl (C=O) groups excluding carboxylic acids is 1. The standard InChI is InChI=1S/C25H31N3OS/c1-6-28(5)12-11-21-13-18(3)22(14-17(21)2)15-24-27-23(16-30-24)19-7-9-20(10-8-19)25(29)26-4/h7-10,13-14,16H,6,11-12,15H2,1-5H3,(H,26,29). The van der Waals surface area contributed by atoms with Crippen molar-refractivity contribution in [3.05, 3.63) is 74.6 Å². The third-order valence-corrected chi connectivity index (χ3v) is 6.51. The molecule has 3 rings (SSSR count). The van der Waals surface area contributed by atoms with Gasteiger partial charge in [0.25, 0.3) is 5.91 Å². The van der Waals surface area contributed by atoms with Crippen LogP contribution in [0.1, 0.15) is 44.5 Å². The van der Waals surface area contributed by atoms with E-state index < -0.39 is 0 Å². The van der Waals surface area contributed by atoms with Crippen LogP contribution in [-0.4, -0.2) is 43.0 Å². The van der Waals surface area contributed by atoms with Crippen LogP contribution in [0.3, 0.4) is 0 Å². The first-order valence-electron chi connectivity index (χ1n) is 10.5. The third kappa shape index (κ3) is 5.35. The summed E-state index contributed by atoms with van der Waals surface area (Å²) in [5.74, 6) is -0.0730. The molecule has 30 heavy (non-hydrogen) atoms. The van der Waals surface area contributed by atoms with E-state index in [0.29, 0.717) is 5.56 Å². The summed E-state index contributed by atoms with van der Waals surface area (Å²) in [5.41, 5.74) is 8.14. The monoisotopic (exact) mass is 421 g/mol. The molecule has 1 N–H and O–H groups in total. The fourth-order valence-electron chi connectivity index (χ4n) is 3.49. The molecule has 0 unspecified atom stereocenters. The number of hydrogen-bond acceptors (Lipinski definition) is 4. The highest BCUT2D eigenvalue weighted by Gasteiger charge is 2.11. The van der Waals surface area contributed by atoms with E-state index in [2.05, 4.69) is 55.5 Å². The largest absolute Gasteiger partial charge is 0.355 e. The lowest BCUT2D eigenvalue weighted by molar-refractivity contribution is 0.0963. The maximum Gasteiger partial charge on any atom is 0.251 e. The molecule has 0 saturated heterocycles. The molecule has 0 fully saturated rings. The van der Waals surface area contributed by atoms with E-state index in [-0.39, 0.29) is 5.91 Å². The maximum absolute atomic E-state index is 11.7. The number of rotatable bonds is 8. The summed E-state index contributed by atoms with van der Waals surface area (Å²) in [6.07, 6.45) is 1.94. The Morgan fingerprint density at radius 2 is 1.77 bits per heavy atom. The Labute approximate surface area is 184 Å². The summed E-state index contributed by atoms with van der Waals surface area (Å²) in [4.78, 5) is 18.9. The molecule has 0 atom stereocenters. The van der Waals surface area contributed by atoms with E-state index >= 15 is 0 Å². The number of aromatic nitrogens is 1. The smallest absolute Gasteiger partial charge is 0.251 e. The van der Waals surface area contributed by atoms with E-state index in [1.54, 1.807) is 18.4 Å². The predicted octanol–water partition coefficient (Wildman–Crippen LogP) is 4.87. The van der Waals surface area contributed by atoms with Crippen LogP contribution < -0.4 is 5.32 Å². The minimum absolute atomic E-state index is 0.0730. The lowest BCUT2D eigenvalue weighted by Gasteiger charge is -2.16. The highest BCUT2D eigenvalue weighted by molar-refractivity contribution is 7.10. The van der Waals surface area contributed by atoms with E-state index in [1.807, 2.05) is 24.3 Å². The number of likely N-dealkylation sites (N-methyl/N-ethyl adjacent to an activating group) is 1. The first-order chi connectivity index (χ1) is 14.4. The van der Waals surface area contributed by atoms with Crippen molar-refractivity contribution in [2.24, 2.45) is 0 Å². The number of nitrogens with one attached hydrogen (secondary N) is 1. The molecule has 1 aromatic heterocycles. The average Bonchev–Trinajstić information content (AvgIpc) is 3.22. The number of benzene rings is 2. The Bertz CT molecular complexity index is 1010. The van der Waals surface area contributed by atoms with Crippen LogP contribution in [0, 0.1) is 13.8 Å². The van der Waals surface area contributed by atoms with Gasteiger partial charge in [0, 0.05) is 36.5 Å². The first kappa shape index (κ1) is 22.2. The molecule has 0 radical (unpaired) electrons. The van der Waals surface area contributed by atoms with Crippen molar-refractivity contribution in [2.45, 2.75) is 33.6 Å². The second kappa shape index (κ2) is 10.0. The van der Waals surface area contributed by atoms with Crippen LogP contribution in [-0.2, 0) is 12.8 Å². The number of carbonyl (C=O) groups is 1. The van der Waals surface area contributed by atoms with E-state index in [4.69, 9.17) is 4.98 Å². The zero-order chi connectivity index (χ0) is 21.7. The summed E-state index contributed by atoms with van der Waals surface area (Å²) < 4.78 is 0. The minimum atomic E-state index is -0.0730. The number of hydrogen-bond donors (Lipinski definition) is 1. The van der Waals surface area contributed by atoms with Gasteiger partial charge in [-0.2, -0.15) is 0 Å². The average molecular weight is 422 g/mol. The Balaban J connectivity index is 1.72. The second-order valence-corrected chi connectivity index (χ2v) is 8.75. The maximum atomic E-state index is 11.7. The van der Waals surface area contributed by atoms with Crippen LogP contribution in [0.25, 0.3) is 11.3 Å². The molecule has 1 heterocycles. The van der Waals surface area contributed by atoms with Crippen LogP contribution in [0.2, 0.25) is 0 Å². The van der Waals surface area contributed by atoms with Gasteiger partial charge in [0.15, 0.2) is 0 Å². The molecule has 2 aromatic carbocycles. The number of thiazole rings is 1. The second-order valence-electron chi connectivity index (χ2n) is 7.81. The van der Waals surface area contributed by atoms with Gasteiger partial charge in [-0.05, 0) is 68.2 Å². The molecule has 1 amide bonds. The quantitative estimate of drug-likeness (QED) is 0.564. The van der Waals surface area contributed by atoms with Crippen molar-refractivity contribution < 1.29 is 4.79 Å². The Kier molecular flexibility index (Phi) is 7.40. The highest BCUT2D eigenvalue weighted by atomic mass is 32.1. The summed E-state index contributed by atoms with van der Waals surface area (Å²) in [6, 6.07) is 12.3. The molecule has 158 valence electrons. The highest BCUT2D eigenvalue weighted by Crippen LogP contribution is 2.26. The summed E-state index contributed by atoms with van der Waals surface area (Å²) in [5, 5.41) is 5.86. The fraction of sp³-hybridized carbons (Fsp3) is 0.360. The van der Waals surface area contributed by atoms with Crippen molar-refractivity contribution in [2.75, 3.05) is 27.2 Å². The third-order valence-electron chi connectivity index (χ3n) is 5.66. The molecule has 0 aliphatic rings. The van der Waals surface area contributed by atoms with Gasteiger partial charge in [-0.3, -0.25) is 4.79 Å². The van der Waals surface area contributed by atoms with Crippen LogP contribution in [0.15, 0.2) is 41.8 Å². The van der Waals surface area contributed by atoms with Crippen LogP contribution >= 0.6 is 11.3 Å². The molecule has 5 heteroatoms. The predicted molar refractivity (Wildman–Crippen MR) is 127 cm³/mol. The number of aryl methyl sites for hydroxylation is 2. The zero-order valence-corrected chi connectivity index (χ0v) is 19.4. The van der Waals surface area contributed by atoms with Crippen LogP contribution in [0.4, 0.5) is 0 Å². The van der Waals surface area contributed by atoms with E-state index in [0.717, 1.165) is 42.2 Å². The van der Waals surface area contributed by atoms with Gasteiger partial charge in [-0.1, -0.05) is 31.2 Å². The fourth-order valence-corrected chi connectivity index (χ4v) is 4.32. The molecular weight excluding hydrogens is 390 g/mol. The van der Waals surface area contributed by atoms with Gasteiger partial charge in [0.05, 0.1) is 10.7 Å². The Hall–Kier alpha value is -2.50. The Morgan fingerprint density at radius 3 is 2.43 bits per heavy atom. The van der Waals surface area contributed by atoms with Crippen molar-refractivity contribution in [3.8, 4) is 11.3 Å². The summed E-state index contributed by atoms with van der Waals surface area (Å²) in [7, 11) is 3.81. The number of amides is 1. The molecule has 0 aliphatic carbocycles. The molecule has 0 saturated carbocycles. The molecule has 4 nitrogen and oxygen atoms in total. The van der Waals surface area contributed by atoms with E-state index in [1.165, 1.54) is 22.3 Å². The molecule has 3 aromatic rings. The van der Waals surface area contributed by atoms with Crippen molar-refractivity contribution >= 4 is 17.2 Å². The van der Waals surface area contributed by atoms with Gasteiger partial charge in [-0.25, -0.2) is 4.98 Å². The normalized spacial score (nSPS) is 11.1. The van der Waals surface area contributed by atoms with Crippen molar-refractivity contribution in [1.29, 1.82) is 0 Å². The SMILES string of the molecule is CCN(C)CCc1cc(C)c(Cc2nc(-c3ccc(C(=O)NC)cc3)cs2)cc1C. The molecule has 0 spiro atoms. The lowest BCUT2D eigenvalue weighted by atomic mass is 9.96. The van der Waals surface area contributed by atoms with Crippen molar-refractivity contribution in [3.63, 3.8) is 0 Å². The minimum Gasteiger partial charge on any atom is -0.355 e. The van der Waals surface area contributed by atoms with Gasteiger partial charge < -0.3 is 10.2 Å². The Morgan fingerprint density at radius 1 is 1.10 bits per heavy atom. The van der Waals surface area contributed by atoms with Gasteiger partial charge >= 0.3 is 0 Å². The molecular formula is C25H31N3OS. The summed E-state index contributed by atoms with van der Waals surface area (Å²) >= 11 is 1.69. The van der Waals surface area contributed by atoms with Gasteiger partial charge in [0.1, 0.15) is 0 Å². The topological polar surface area (TPSA) is 45.2 Å². The first-order valence-corrected chi connectivity index (χ1v) is 11.3. The van der Waals surface area contributed by atoms with Gasteiger partial charge in [-0.15, -0.1) is 11.3 Å². The van der Waals surface area contributed by atoms with Crippen LogP contribution in [0.5, 0.6) is 0 Å². The van der Waals surface area contributed by atoms with Crippen molar-refractivity contribution in [1.82, 2.24) is 15.2 Å². The summed E-state index contributed by atoms with van der Waals surface area (Å²) in [6.45, 7) is 8.78. The zero-order valence-electron chi connectivity index (χ0n) is 18.6. The number of nitrogens with zero attached hydrogens (tertiary/aromatic N) is 2. The molecule has 0 aliphatic heterocycles. The molecule has 0 bridgehead atoms. The van der Waals surface area contributed by atoms with E-state index in [9.17, 15) is 4.79 Å². The van der Waals surface area contributed by atoms with Gasteiger partial charge in [0.2, 0.25) is 0 Å². The lowest BCUT2D eigenvalue weighted by Crippen LogP contribution is -2.20.